The van der Waals surface area contributed by atoms with Crippen molar-refractivity contribution in [3.8, 4) is 0 Å². The molecule has 0 spiro atoms. The number of hydrogen-bond donors (Lipinski definition) is 0. The predicted molar refractivity (Wildman–Crippen MR) is 86.1 cm³/mol. The zero-order chi connectivity index (χ0) is 16.1. The average molecular weight is 321 g/mol. The van der Waals surface area contributed by atoms with Crippen LogP contribution in [0.4, 0.5) is 4.79 Å². The Morgan fingerprint density at radius 3 is 2.78 bits per heavy atom. The molecule has 1 unspecified atom stereocenters. The van der Waals surface area contributed by atoms with Crippen LogP contribution in [0, 0.1) is 6.92 Å². The van der Waals surface area contributed by atoms with Crippen LogP contribution in [0.1, 0.15) is 50.0 Å². The second kappa shape index (κ2) is 7.81. The molecule has 1 aromatic heterocycles. The molecule has 2 fully saturated rings. The zero-order valence-electron chi connectivity index (χ0n) is 14.0. The summed E-state index contributed by atoms with van der Waals surface area (Å²) in [6.07, 6.45) is 6.72. The highest BCUT2D eigenvalue weighted by Crippen LogP contribution is 2.20. The number of aryl methyl sites for hydroxylation is 1. The summed E-state index contributed by atoms with van der Waals surface area (Å²) in [6, 6.07) is 2.26. The molecular formula is C17H27N3O3. The van der Waals surface area contributed by atoms with Gasteiger partial charge in [-0.05, 0) is 45.6 Å². The SMILES string of the molecule is Cc1cc(CN2CCCCC2COC(=O)N2CCCCC2)no1. The van der Waals surface area contributed by atoms with Crippen LogP contribution >= 0.6 is 0 Å². The Morgan fingerprint density at radius 2 is 2.04 bits per heavy atom. The highest BCUT2D eigenvalue weighted by atomic mass is 16.6. The summed E-state index contributed by atoms with van der Waals surface area (Å²) in [6.45, 7) is 5.86. The van der Waals surface area contributed by atoms with E-state index in [-0.39, 0.29) is 12.1 Å². The minimum Gasteiger partial charge on any atom is -0.448 e. The second-order valence-corrected chi connectivity index (χ2v) is 6.67. The van der Waals surface area contributed by atoms with E-state index in [2.05, 4.69) is 10.1 Å². The molecule has 0 radical (unpaired) electrons. The minimum absolute atomic E-state index is 0.146. The Bertz CT molecular complexity index is 511. The molecule has 3 rings (SSSR count). The lowest BCUT2D eigenvalue weighted by Gasteiger charge is -2.35. The first-order valence-corrected chi connectivity index (χ1v) is 8.80. The predicted octanol–water partition coefficient (Wildman–Crippen LogP) is 2.96. The van der Waals surface area contributed by atoms with Crippen molar-refractivity contribution in [1.29, 1.82) is 0 Å². The minimum atomic E-state index is -0.146. The van der Waals surface area contributed by atoms with Crippen molar-refractivity contribution >= 4 is 6.09 Å². The van der Waals surface area contributed by atoms with Gasteiger partial charge in [0, 0.05) is 31.7 Å². The van der Waals surface area contributed by atoms with Gasteiger partial charge < -0.3 is 14.2 Å². The van der Waals surface area contributed by atoms with E-state index in [9.17, 15) is 4.79 Å². The summed E-state index contributed by atoms with van der Waals surface area (Å²) in [5, 5.41) is 4.08. The molecule has 2 aliphatic rings. The first-order valence-electron chi connectivity index (χ1n) is 8.80. The van der Waals surface area contributed by atoms with Crippen molar-refractivity contribution in [2.24, 2.45) is 0 Å². The van der Waals surface area contributed by atoms with Crippen LogP contribution < -0.4 is 0 Å². The second-order valence-electron chi connectivity index (χ2n) is 6.67. The molecule has 3 heterocycles. The molecule has 0 N–H and O–H groups in total. The van der Waals surface area contributed by atoms with Gasteiger partial charge in [-0.2, -0.15) is 0 Å². The number of rotatable bonds is 4. The molecule has 0 saturated carbocycles. The number of ether oxygens (including phenoxy) is 1. The van der Waals surface area contributed by atoms with Gasteiger partial charge >= 0.3 is 6.09 Å². The van der Waals surface area contributed by atoms with Crippen molar-refractivity contribution in [3.05, 3.63) is 17.5 Å². The number of piperidine rings is 2. The maximum atomic E-state index is 12.2. The van der Waals surface area contributed by atoms with E-state index in [1.807, 2.05) is 17.9 Å². The van der Waals surface area contributed by atoms with Crippen LogP contribution in [0.15, 0.2) is 10.6 Å². The fourth-order valence-electron chi connectivity index (χ4n) is 3.49. The monoisotopic (exact) mass is 321 g/mol. The van der Waals surface area contributed by atoms with Crippen LogP contribution in [0.25, 0.3) is 0 Å². The molecule has 1 aromatic rings. The van der Waals surface area contributed by atoms with Crippen molar-refractivity contribution < 1.29 is 14.1 Å². The molecule has 1 atom stereocenters. The molecule has 6 nitrogen and oxygen atoms in total. The molecule has 2 saturated heterocycles. The summed E-state index contributed by atoms with van der Waals surface area (Å²) in [4.78, 5) is 16.4. The van der Waals surface area contributed by atoms with Crippen LogP contribution in [0.5, 0.6) is 0 Å². The standard InChI is InChI=1S/C17H27N3O3/c1-14-11-15(18-23-14)12-20-10-6-3-7-16(20)13-22-17(21)19-8-4-2-5-9-19/h11,16H,2-10,12-13H2,1H3. The summed E-state index contributed by atoms with van der Waals surface area (Å²) in [5.74, 6) is 0.838. The summed E-state index contributed by atoms with van der Waals surface area (Å²) in [7, 11) is 0. The number of carbonyl (C=O) groups excluding carboxylic acids is 1. The first kappa shape index (κ1) is 16.3. The Kier molecular flexibility index (Phi) is 5.54. The molecule has 0 aromatic carbocycles. The number of aromatic nitrogens is 1. The van der Waals surface area contributed by atoms with Gasteiger partial charge in [-0.1, -0.05) is 11.6 Å². The molecular weight excluding hydrogens is 294 g/mol. The van der Waals surface area contributed by atoms with Crippen LogP contribution in [0.3, 0.4) is 0 Å². The molecule has 2 aliphatic heterocycles. The van der Waals surface area contributed by atoms with E-state index >= 15 is 0 Å². The molecule has 0 aliphatic carbocycles. The van der Waals surface area contributed by atoms with Gasteiger partial charge in [-0.3, -0.25) is 4.90 Å². The first-order chi connectivity index (χ1) is 11.2. The lowest BCUT2D eigenvalue weighted by atomic mass is 10.0. The third kappa shape index (κ3) is 4.47. The fraction of sp³-hybridized carbons (Fsp3) is 0.765. The van der Waals surface area contributed by atoms with Gasteiger partial charge in [0.25, 0.3) is 0 Å². The van der Waals surface area contributed by atoms with E-state index in [0.29, 0.717) is 6.61 Å². The number of carbonyl (C=O) groups is 1. The normalized spacial score (nSPS) is 23.0. The maximum absolute atomic E-state index is 12.2. The molecule has 6 heteroatoms. The molecule has 128 valence electrons. The molecule has 0 bridgehead atoms. The summed E-state index contributed by atoms with van der Waals surface area (Å²) < 4.78 is 10.7. The Balaban J connectivity index is 1.50. The number of likely N-dealkylation sites (tertiary alicyclic amines) is 2. The van der Waals surface area contributed by atoms with Gasteiger partial charge in [0.2, 0.25) is 0 Å². The van der Waals surface area contributed by atoms with Crippen molar-refractivity contribution in [2.45, 2.75) is 58.0 Å². The zero-order valence-corrected chi connectivity index (χ0v) is 14.0. The average Bonchev–Trinajstić information content (AvgIpc) is 2.99. The number of hydrogen-bond acceptors (Lipinski definition) is 5. The lowest BCUT2D eigenvalue weighted by Crippen LogP contribution is -2.44. The Hall–Kier alpha value is -1.56. The topological polar surface area (TPSA) is 58.8 Å². The lowest BCUT2D eigenvalue weighted by molar-refractivity contribution is 0.0427. The van der Waals surface area contributed by atoms with Crippen molar-refractivity contribution in [2.75, 3.05) is 26.2 Å². The highest BCUT2D eigenvalue weighted by Gasteiger charge is 2.26. The number of amides is 1. The molecule has 23 heavy (non-hydrogen) atoms. The van der Waals surface area contributed by atoms with Gasteiger partial charge in [0.15, 0.2) is 0 Å². The Morgan fingerprint density at radius 1 is 1.26 bits per heavy atom. The van der Waals surface area contributed by atoms with Crippen molar-refractivity contribution in [1.82, 2.24) is 15.0 Å². The smallest absolute Gasteiger partial charge is 0.409 e. The third-order valence-electron chi connectivity index (χ3n) is 4.80. The number of nitrogens with zero attached hydrogens (tertiary/aromatic N) is 3. The van der Waals surface area contributed by atoms with E-state index in [0.717, 1.165) is 56.9 Å². The fourth-order valence-corrected chi connectivity index (χ4v) is 3.49. The van der Waals surface area contributed by atoms with Crippen molar-refractivity contribution in [3.63, 3.8) is 0 Å². The maximum Gasteiger partial charge on any atom is 0.409 e. The van der Waals surface area contributed by atoms with E-state index in [1.165, 1.54) is 19.3 Å². The quantitative estimate of drug-likeness (QED) is 0.853. The van der Waals surface area contributed by atoms with Crippen LogP contribution in [-0.4, -0.2) is 53.3 Å². The highest BCUT2D eigenvalue weighted by molar-refractivity contribution is 5.67. The Labute approximate surface area is 137 Å². The van der Waals surface area contributed by atoms with Gasteiger partial charge in [-0.15, -0.1) is 0 Å². The van der Waals surface area contributed by atoms with Crippen LogP contribution in [0.2, 0.25) is 0 Å². The summed E-state index contributed by atoms with van der Waals surface area (Å²) >= 11 is 0. The largest absolute Gasteiger partial charge is 0.448 e. The van der Waals surface area contributed by atoms with Gasteiger partial charge in [0.1, 0.15) is 12.4 Å². The van der Waals surface area contributed by atoms with E-state index < -0.39 is 0 Å². The molecule has 1 amide bonds. The third-order valence-corrected chi connectivity index (χ3v) is 4.80. The summed E-state index contributed by atoms with van der Waals surface area (Å²) in [5.41, 5.74) is 0.955. The van der Waals surface area contributed by atoms with Crippen LogP contribution in [-0.2, 0) is 11.3 Å². The van der Waals surface area contributed by atoms with E-state index in [4.69, 9.17) is 9.26 Å². The van der Waals surface area contributed by atoms with Gasteiger partial charge in [-0.25, -0.2) is 4.79 Å². The van der Waals surface area contributed by atoms with Gasteiger partial charge in [0.05, 0.1) is 5.69 Å². The van der Waals surface area contributed by atoms with E-state index in [1.54, 1.807) is 0 Å².